The number of aromatic amines is 4. The van der Waals surface area contributed by atoms with E-state index in [9.17, 15) is 9.59 Å². The summed E-state index contributed by atoms with van der Waals surface area (Å²) in [6.07, 6.45) is 17.1. The van der Waals surface area contributed by atoms with E-state index in [-0.39, 0.29) is 11.8 Å². The highest BCUT2D eigenvalue weighted by Crippen LogP contribution is 2.24. The minimum Gasteiger partial charge on any atom is -0.355 e. The van der Waals surface area contributed by atoms with Gasteiger partial charge in [-0.3, -0.25) is 9.59 Å². The van der Waals surface area contributed by atoms with Crippen LogP contribution in [0.5, 0.6) is 0 Å². The Morgan fingerprint density at radius 2 is 0.900 bits per heavy atom. The maximum atomic E-state index is 13.8. The van der Waals surface area contributed by atoms with Crippen LogP contribution in [0.4, 0.5) is 0 Å². The number of carbonyl (C=O) groups excluding carboxylic acids is 2. The molecule has 0 atom stereocenters. The molecule has 5 heterocycles. The zero-order valence-corrected chi connectivity index (χ0v) is 38.7. The van der Waals surface area contributed by atoms with E-state index in [1.165, 1.54) is 22.3 Å². The zero-order chi connectivity index (χ0) is 43.3. The Balaban J connectivity index is 1.63. The van der Waals surface area contributed by atoms with Crippen molar-refractivity contribution in [2.45, 2.75) is 133 Å². The van der Waals surface area contributed by atoms with Gasteiger partial charge in [-0.05, 0) is 188 Å². The van der Waals surface area contributed by atoms with Crippen LogP contribution in [0.25, 0.3) is 24.3 Å². The molecule has 1 aliphatic rings. The van der Waals surface area contributed by atoms with Gasteiger partial charge in [0.15, 0.2) is 0 Å². The molecule has 2 amide bonds. The fourth-order valence-corrected chi connectivity index (χ4v) is 9.08. The number of fused-ring (bicyclic) bond motifs is 8. The molecular weight excluding hydrogens is 745 g/mol. The van der Waals surface area contributed by atoms with Crippen molar-refractivity contribution < 1.29 is 9.59 Å². The monoisotopic (exact) mass is 821 g/mol. The van der Waals surface area contributed by atoms with Crippen LogP contribution in [0.3, 0.4) is 0 Å². The highest BCUT2D eigenvalue weighted by molar-refractivity contribution is 5.77. The third kappa shape index (κ3) is 11.0. The number of carbonyl (C=O) groups is 2. The summed E-state index contributed by atoms with van der Waals surface area (Å²) in [5, 5.41) is 11.1. The first-order valence-corrected chi connectivity index (χ1v) is 23.2. The van der Waals surface area contributed by atoms with E-state index in [4.69, 9.17) is 0 Å². The number of H-pyrrole nitrogens is 4. The van der Waals surface area contributed by atoms with E-state index >= 15 is 0 Å². The molecule has 5 rings (SSSR count). The molecule has 0 aromatic carbocycles. The van der Waals surface area contributed by atoms with Crippen molar-refractivity contribution in [2.24, 2.45) is 0 Å². The highest BCUT2D eigenvalue weighted by Gasteiger charge is 2.20. The lowest BCUT2D eigenvalue weighted by atomic mass is 10.0. The van der Waals surface area contributed by atoms with Crippen molar-refractivity contribution in [2.75, 3.05) is 52.4 Å². The molecule has 0 spiro atoms. The molecule has 0 radical (unpaired) electrons. The summed E-state index contributed by atoms with van der Waals surface area (Å²) in [4.78, 5) is 46.8. The molecule has 4 aromatic rings. The van der Waals surface area contributed by atoms with Crippen LogP contribution in [0, 0.1) is 27.7 Å². The van der Waals surface area contributed by atoms with Gasteiger partial charge in [0.1, 0.15) is 0 Å². The van der Waals surface area contributed by atoms with Crippen molar-refractivity contribution in [3.8, 4) is 0 Å². The third-order valence-corrected chi connectivity index (χ3v) is 12.9. The first kappa shape index (κ1) is 46.5. The molecule has 0 fully saturated rings. The number of hydrogen-bond donors (Lipinski definition) is 6. The van der Waals surface area contributed by atoms with Crippen molar-refractivity contribution in [1.29, 1.82) is 0 Å². The smallest absolute Gasteiger partial charge is 0.222 e. The number of amides is 2. The molecule has 328 valence electrons. The second kappa shape index (κ2) is 22.3. The number of rotatable bonds is 22. The number of nitrogens with zero attached hydrogens (tertiary/aromatic N) is 2. The second-order valence-electron chi connectivity index (χ2n) is 16.6. The lowest BCUT2D eigenvalue weighted by Crippen LogP contribution is -2.32. The molecule has 0 aliphatic carbocycles. The second-order valence-corrected chi connectivity index (χ2v) is 16.6. The minimum atomic E-state index is 0.200. The Morgan fingerprint density at radius 3 is 1.40 bits per heavy atom. The summed E-state index contributed by atoms with van der Waals surface area (Å²) >= 11 is 0. The molecule has 0 unspecified atom stereocenters. The molecule has 10 nitrogen and oxygen atoms in total. The molecular formula is C50H76N8O2. The van der Waals surface area contributed by atoms with Crippen LogP contribution in [-0.4, -0.2) is 93.9 Å². The molecule has 0 saturated carbocycles. The van der Waals surface area contributed by atoms with Crippen molar-refractivity contribution >= 4 is 36.1 Å². The van der Waals surface area contributed by atoms with Gasteiger partial charge in [0, 0.05) is 83.2 Å². The summed E-state index contributed by atoms with van der Waals surface area (Å²) in [5.74, 6) is 0.399. The molecule has 0 saturated heterocycles. The Morgan fingerprint density at radius 1 is 0.483 bits per heavy atom. The summed E-state index contributed by atoms with van der Waals surface area (Å²) in [6.45, 7) is 28.6. The van der Waals surface area contributed by atoms with Crippen LogP contribution in [0.2, 0.25) is 0 Å². The van der Waals surface area contributed by atoms with Crippen molar-refractivity contribution in [3.63, 3.8) is 0 Å². The maximum Gasteiger partial charge on any atom is 0.222 e. The van der Waals surface area contributed by atoms with Gasteiger partial charge in [0.2, 0.25) is 11.8 Å². The van der Waals surface area contributed by atoms with E-state index < -0.39 is 0 Å². The molecule has 10 heteroatoms. The Bertz CT molecular complexity index is 2320. The number of hydrogen-bond acceptors (Lipinski definition) is 4. The van der Waals surface area contributed by atoms with Crippen LogP contribution in [0.15, 0.2) is 0 Å². The topological polar surface area (TPSA) is 128 Å². The largest absolute Gasteiger partial charge is 0.355 e. The molecule has 6 N–H and O–H groups in total. The van der Waals surface area contributed by atoms with Crippen LogP contribution < -0.4 is 32.0 Å². The number of nitrogens with one attached hydrogen (secondary N) is 6. The fraction of sp³-hybridized carbons (Fsp3) is 0.560. The molecule has 1 aliphatic heterocycles. The van der Waals surface area contributed by atoms with E-state index in [2.05, 4.69) is 124 Å². The van der Waals surface area contributed by atoms with E-state index in [1.54, 1.807) is 0 Å². The predicted molar refractivity (Wildman–Crippen MR) is 250 cm³/mol. The molecule has 60 heavy (non-hydrogen) atoms. The third-order valence-electron chi connectivity index (χ3n) is 12.9. The summed E-state index contributed by atoms with van der Waals surface area (Å²) in [6, 6.07) is 0. The van der Waals surface area contributed by atoms with Gasteiger partial charge in [-0.2, -0.15) is 0 Å². The minimum absolute atomic E-state index is 0.200. The van der Waals surface area contributed by atoms with Gasteiger partial charge in [-0.1, -0.05) is 27.7 Å². The average molecular weight is 821 g/mol. The van der Waals surface area contributed by atoms with E-state index in [0.29, 0.717) is 38.8 Å². The van der Waals surface area contributed by atoms with Crippen molar-refractivity contribution in [1.82, 2.24) is 40.4 Å². The predicted octanol–water partition coefficient (Wildman–Crippen LogP) is 5.33. The number of aromatic nitrogens is 4. The van der Waals surface area contributed by atoms with E-state index in [1.807, 2.05) is 9.80 Å². The normalized spacial score (nSPS) is 12.2. The maximum absolute atomic E-state index is 13.8. The van der Waals surface area contributed by atoms with Crippen LogP contribution in [-0.2, 0) is 35.3 Å². The lowest BCUT2D eigenvalue weighted by molar-refractivity contribution is -0.131. The summed E-state index contributed by atoms with van der Waals surface area (Å²) in [5.41, 5.74) is 14.0. The summed E-state index contributed by atoms with van der Waals surface area (Å²) in [7, 11) is 0. The van der Waals surface area contributed by atoms with Gasteiger partial charge in [0.25, 0.3) is 0 Å². The Kier molecular flexibility index (Phi) is 17.3. The van der Waals surface area contributed by atoms with Gasteiger partial charge >= 0.3 is 0 Å². The van der Waals surface area contributed by atoms with Crippen molar-refractivity contribution in [3.05, 3.63) is 88.7 Å². The van der Waals surface area contributed by atoms with E-state index in [0.717, 1.165) is 144 Å². The first-order valence-electron chi connectivity index (χ1n) is 23.2. The van der Waals surface area contributed by atoms with Gasteiger partial charge in [0.05, 0.1) is 0 Å². The van der Waals surface area contributed by atoms with Gasteiger partial charge in [-0.25, -0.2) is 0 Å². The molecule has 8 bridgehead atoms. The van der Waals surface area contributed by atoms with Crippen LogP contribution in [0.1, 0.15) is 147 Å². The standard InChI is InChI=1S/C50H76N8O2/c1-11-37-33(7)41-29-42-35(9)39(21-23-49(59)57(15-5)27-19-17-25-51-13-3)47(55-42)32-48-40(22-24-50(60)58(16-6)28-20-18-26-52-14-4)36(10)44(56-48)31-46-38(12-2)34(8)43(54-46)30-45(37)53-41/h29-32,51-56H,11-28H2,1-10H3. The Hall–Kier alpha value is -4.54. The van der Waals surface area contributed by atoms with Crippen LogP contribution >= 0.6 is 0 Å². The first-order chi connectivity index (χ1) is 29.0. The fourth-order valence-electron chi connectivity index (χ4n) is 9.08. The van der Waals surface area contributed by atoms with Gasteiger partial charge < -0.3 is 40.4 Å². The number of unbranched alkanes of at least 4 members (excludes halogenated alkanes) is 2. The average Bonchev–Trinajstić information content (AvgIpc) is 3.90. The Labute approximate surface area is 359 Å². The SMILES string of the molecule is CCNCCCCN(CC)C(=O)CCc1c2[nH]c(c1C)C=c1[nH]c(c(C)c1CC)=Cc1[nH]c(c(C)c1CC)C=c1[nH]c(c(CCC(=O)N(CC)CCCCNCC)c1C)=C2. The quantitative estimate of drug-likeness (QED) is 0.0529. The highest BCUT2D eigenvalue weighted by atomic mass is 16.2. The zero-order valence-electron chi connectivity index (χ0n) is 38.7. The molecule has 4 aromatic heterocycles. The van der Waals surface area contributed by atoms with Gasteiger partial charge in [-0.15, -0.1) is 0 Å². The lowest BCUT2D eigenvalue weighted by Gasteiger charge is -2.21. The summed E-state index contributed by atoms with van der Waals surface area (Å²) < 4.78 is 0.